The molecule has 1 aliphatic heterocycles. The molecule has 4 rings (SSSR count). The third-order valence-corrected chi connectivity index (χ3v) is 8.28. The molecule has 10 nitrogen and oxygen atoms in total. The maximum atomic E-state index is 13.0. The highest BCUT2D eigenvalue weighted by Gasteiger charge is 2.33. The standard InChI is InChI=1S/C22H20N2O8S2/c25-22(23-26)17(14-31-13-15-6-2-1-3-7-15)24-34(29,30)16-10-11-19-21(12-16)33(27,28)20-9-5-4-8-18(20)32-19/h1-12,17,24,26H,13-14H2,(H,23,25)/t17-/m1/s1. The Labute approximate surface area is 196 Å². The van der Waals surface area contributed by atoms with Gasteiger partial charge in [-0.15, -0.1) is 0 Å². The summed E-state index contributed by atoms with van der Waals surface area (Å²) in [5.74, 6) is -0.924. The zero-order valence-corrected chi connectivity index (χ0v) is 19.2. The molecular weight excluding hydrogens is 484 g/mol. The second kappa shape index (κ2) is 9.52. The molecule has 0 aromatic heterocycles. The fourth-order valence-electron chi connectivity index (χ4n) is 3.31. The summed E-state index contributed by atoms with van der Waals surface area (Å²) in [4.78, 5) is 11.2. The van der Waals surface area contributed by atoms with Crippen LogP contribution in [0.1, 0.15) is 5.56 Å². The molecule has 0 aliphatic carbocycles. The van der Waals surface area contributed by atoms with E-state index in [9.17, 15) is 21.6 Å². The van der Waals surface area contributed by atoms with Gasteiger partial charge >= 0.3 is 0 Å². The summed E-state index contributed by atoms with van der Waals surface area (Å²) in [5.41, 5.74) is 2.20. The molecule has 12 heteroatoms. The Kier molecular flexibility index (Phi) is 6.68. The van der Waals surface area contributed by atoms with E-state index in [2.05, 4.69) is 4.72 Å². The van der Waals surface area contributed by atoms with Crippen molar-refractivity contribution in [3.05, 3.63) is 78.4 Å². The number of sulfonamides is 1. The van der Waals surface area contributed by atoms with Crippen molar-refractivity contribution in [2.45, 2.75) is 27.3 Å². The Hall–Kier alpha value is -3.29. The summed E-state index contributed by atoms with van der Waals surface area (Å²) in [6.45, 7) is -0.286. The van der Waals surface area contributed by atoms with Crippen LogP contribution in [-0.2, 0) is 36.0 Å². The maximum absolute atomic E-state index is 13.0. The summed E-state index contributed by atoms with van der Waals surface area (Å²) in [6.07, 6.45) is 0. The number of fused-ring (bicyclic) bond motifs is 2. The van der Waals surface area contributed by atoms with Crippen molar-refractivity contribution in [1.82, 2.24) is 10.2 Å². The fourth-order valence-corrected chi connectivity index (χ4v) is 6.12. The summed E-state index contributed by atoms with van der Waals surface area (Å²) >= 11 is 0. The smallest absolute Gasteiger partial charge is 0.263 e. The number of sulfone groups is 1. The first-order valence-corrected chi connectivity index (χ1v) is 12.9. The Morgan fingerprint density at radius 3 is 2.38 bits per heavy atom. The monoisotopic (exact) mass is 504 g/mol. The first kappa shape index (κ1) is 23.9. The number of carbonyl (C=O) groups is 1. The molecule has 1 heterocycles. The second-order valence-corrected chi connectivity index (χ2v) is 10.9. The number of ether oxygens (including phenoxy) is 2. The molecule has 1 atom stereocenters. The first-order valence-electron chi connectivity index (χ1n) is 9.96. The van der Waals surface area contributed by atoms with Gasteiger partial charge in [0, 0.05) is 0 Å². The van der Waals surface area contributed by atoms with E-state index in [-0.39, 0.29) is 34.5 Å². The summed E-state index contributed by atoms with van der Waals surface area (Å²) in [7, 11) is -8.43. The average molecular weight is 505 g/mol. The lowest BCUT2D eigenvalue weighted by atomic mass is 10.2. The van der Waals surface area contributed by atoms with Crippen molar-refractivity contribution in [2.75, 3.05) is 6.61 Å². The van der Waals surface area contributed by atoms with Gasteiger partial charge in [0.1, 0.15) is 27.3 Å². The van der Waals surface area contributed by atoms with E-state index in [1.54, 1.807) is 30.3 Å². The minimum atomic E-state index is -4.39. The predicted octanol–water partition coefficient (Wildman–Crippen LogP) is 1.99. The van der Waals surface area contributed by atoms with Crippen LogP contribution in [-0.4, -0.2) is 40.6 Å². The maximum Gasteiger partial charge on any atom is 0.263 e. The molecule has 1 aliphatic rings. The van der Waals surface area contributed by atoms with Gasteiger partial charge in [0.2, 0.25) is 19.9 Å². The highest BCUT2D eigenvalue weighted by Crippen LogP contribution is 2.43. The summed E-state index contributed by atoms with van der Waals surface area (Å²) in [6, 6.07) is 16.9. The van der Waals surface area contributed by atoms with Crippen LogP contribution in [0.2, 0.25) is 0 Å². The van der Waals surface area contributed by atoms with Gasteiger partial charge in [-0.2, -0.15) is 4.72 Å². The minimum absolute atomic E-state index is 0.0199. The summed E-state index contributed by atoms with van der Waals surface area (Å²) in [5, 5.41) is 9.02. The second-order valence-electron chi connectivity index (χ2n) is 7.31. The topological polar surface area (TPSA) is 148 Å². The molecule has 1 amide bonds. The van der Waals surface area contributed by atoms with Gasteiger partial charge < -0.3 is 9.47 Å². The molecule has 0 saturated heterocycles. The third kappa shape index (κ3) is 4.81. The van der Waals surface area contributed by atoms with Gasteiger partial charge in [-0.25, -0.2) is 22.3 Å². The minimum Gasteiger partial charge on any atom is -0.455 e. The van der Waals surface area contributed by atoms with E-state index in [0.29, 0.717) is 0 Å². The number of hydroxylamine groups is 1. The van der Waals surface area contributed by atoms with E-state index in [1.807, 2.05) is 6.07 Å². The normalized spacial score (nSPS) is 14.9. The van der Waals surface area contributed by atoms with Gasteiger partial charge in [0.25, 0.3) is 5.91 Å². The van der Waals surface area contributed by atoms with Crippen LogP contribution in [0.3, 0.4) is 0 Å². The molecule has 178 valence electrons. The number of rotatable bonds is 8. The predicted molar refractivity (Wildman–Crippen MR) is 119 cm³/mol. The molecule has 0 fully saturated rings. The SMILES string of the molecule is O=C(NO)[C@@H](COCc1ccccc1)NS(=O)(=O)c1ccc2c(c1)S(=O)(=O)c1ccccc1O2. The quantitative estimate of drug-likeness (QED) is 0.244. The zero-order chi connectivity index (χ0) is 24.3. The van der Waals surface area contributed by atoms with Crippen molar-refractivity contribution >= 4 is 25.8 Å². The summed E-state index contributed by atoms with van der Waals surface area (Å²) < 4.78 is 65.2. The molecule has 3 aromatic rings. The Bertz CT molecular complexity index is 1420. The molecule has 3 aromatic carbocycles. The molecule has 0 radical (unpaired) electrons. The van der Waals surface area contributed by atoms with E-state index >= 15 is 0 Å². The van der Waals surface area contributed by atoms with Gasteiger partial charge in [-0.3, -0.25) is 10.0 Å². The van der Waals surface area contributed by atoms with E-state index in [1.165, 1.54) is 29.7 Å². The number of amides is 1. The molecule has 34 heavy (non-hydrogen) atoms. The highest BCUT2D eigenvalue weighted by atomic mass is 32.2. The van der Waals surface area contributed by atoms with E-state index in [4.69, 9.17) is 14.7 Å². The lowest BCUT2D eigenvalue weighted by Gasteiger charge is -2.21. The van der Waals surface area contributed by atoms with Crippen LogP contribution in [0.15, 0.2) is 87.5 Å². The first-order chi connectivity index (χ1) is 16.2. The van der Waals surface area contributed by atoms with Crippen molar-refractivity contribution in [1.29, 1.82) is 0 Å². The van der Waals surface area contributed by atoms with Gasteiger partial charge in [0.15, 0.2) is 0 Å². The van der Waals surface area contributed by atoms with Crippen LogP contribution < -0.4 is 14.9 Å². The van der Waals surface area contributed by atoms with Gasteiger partial charge in [-0.05, 0) is 35.9 Å². The third-order valence-electron chi connectivity index (χ3n) is 4.99. The average Bonchev–Trinajstić information content (AvgIpc) is 2.83. The number of hydrogen-bond donors (Lipinski definition) is 3. The highest BCUT2D eigenvalue weighted by molar-refractivity contribution is 7.92. The number of carbonyl (C=O) groups excluding carboxylic acids is 1. The molecule has 0 bridgehead atoms. The number of hydrogen-bond acceptors (Lipinski definition) is 8. The number of benzene rings is 3. The van der Waals surface area contributed by atoms with Crippen molar-refractivity contribution < 1.29 is 36.3 Å². The van der Waals surface area contributed by atoms with Crippen LogP contribution in [0, 0.1) is 0 Å². The number of nitrogens with one attached hydrogen (secondary N) is 2. The van der Waals surface area contributed by atoms with Crippen molar-refractivity contribution in [2.24, 2.45) is 0 Å². The van der Waals surface area contributed by atoms with Crippen molar-refractivity contribution in [3.8, 4) is 11.5 Å². The van der Waals surface area contributed by atoms with Crippen LogP contribution >= 0.6 is 0 Å². The molecular formula is C22H20N2O8S2. The van der Waals surface area contributed by atoms with Crippen LogP contribution in [0.5, 0.6) is 11.5 Å². The lowest BCUT2D eigenvalue weighted by Crippen LogP contribution is -2.48. The van der Waals surface area contributed by atoms with Gasteiger partial charge in [-0.1, -0.05) is 42.5 Å². The Morgan fingerprint density at radius 1 is 0.971 bits per heavy atom. The molecule has 0 saturated carbocycles. The number of para-hydroxylation sites is 1. The van der Waals surface area contributed by atoms with Gasteiger partial charge in [0.05, 0.1) is 18.1 Å². The van der Waals surface area contributed by atoms with Crippen LogP contribution in [0.4, 0.5) is 0 Å². The van der Waals surface area contributed by atoms with E-state index in [0.717, 1.165) is 17.7 Å². The molecule has 0 unspecified atom stereocenters. The molecule has 0 spiro atoms. The fraction of sp³-hybridized carbons (Fsp3) is 0.136. The van der Waals surface area contributed by atoms with Crippen LogP contribution in [0.25, 0.3) is 0 Å². The van der Waals surface area contributed by atoms with E-state index < -0.39 is 36.7 Å². The molecule has 3 N–H and O–H groups in total. The Morgan fingerprint density at radius 2 is 1.65 bits per heavy atom. The lowest BCUT2D eigenvalue weighted by molar-refractivity contribution is -0.132. The largest absolute Gasteiger partial charge is 0.455 e. The Balaban J connectivity index is 1.57. The zero-order valence-electron chi connectivity index (χ0n) is 17.5. The van der Waals surface area contributed by atoms with Crippen molar-refractivity contribution in [3.63, 3.8) is 0 Å².